The molecule has 0 unspecified atom stereocenters. The SMILES string of the molecule is C=C/C(OC(C)=O)=C(\C=C(/N[C-]=O)C(=O)N1C=C(c2ccc(OC)cc2)C[C@H]1CO)OC.[Ir]. The van der Waals surface area contributed by atoms with Gasteiger partial charge in [0.15, 0.2) is 11.7 Å². The number of nitrogens with one attached hydrogen (secondary N) is 1. The molecule has 1 radical (unpaired) electrons. The second-order valence-electron chi connectivity index (χ2n) is 6.65. The number of amides is 2. The largest absolute Gasteiger partial charge is 0.497 e. The third-order valence-corrected chi connectivity index (χ3v) is 4.64. The average Bonchev–Trinajstić information content (AvgIpc) is 3.24. The third-order valence-electron chi connectivity index (χ3n) is 4.64. The summed E-state index contributed by atoms with van der Waals surface area (Å²) in [5.74, 6) is -0.582. The first kappa shape index (κ1) is 27.8. The molecular formula is C23H25IrN2O7-. The minimum absolute atomic E-state index is 0. The van der Waals surface area contributed by atoms with Gasteiger partial charge in [-0.15, -0.1) is 0 Å². The van der Waals surface area contributed by atoms with E-state index >= 15 is 0 Å². The van der Waals surface area contributed by atoms with Gasteiger partial charge in [-0.1, -0.05) is 24.8 Å². The monoisotopic (exact) mass is 634 g/mol. The van der Waals surface area contributed by atoms with E-state index in [1.54, 1.807) is 25.4 Å². The van der Waals surface area contributed by atoms with Gasteiger partial charge in [0.25, 0.3) is 0 Å². The van der Waals surface area contributed by atoms with E-state index in [1.807, 2.05) is 12.1 Å². The maximum atomic E-state index is 13.2. The van der Waals surface area contributed by atoms with E-state index in [1.165, 1.54) is 37.5 Å². The number of rotatable bonds is 10. The van der Waals surface area contributed by atoms with Crippen molar-refractivity contribution in [2.45, 2.75) is 19.4 Å². The zero-order chi connectivity index (χ0) is 23.7. The van der Waals surface area contributed by atoms with Gasteiger partial charge in [0, 0.05) is 33.2 Å². The zero-order valence-corrected chi connectivity index (χ0v) is 20.8. The van der Waals surface area contributed by atoms with Crippen LogP contribution in [0.25, 0.3) is 5.57 Å². The second-order valence-corrected chi connectivity index (χ2v) is 6.65. The summed E-state index contributed by atoms with van der Waals surface area (Å²) in [6, 6.07) is 6.75. The molecule has 2 N–H and O–H groups in total. The fourth-order valence-electron chi connectivity index (χ4n) is 3.11. The van der Waals surface area contributed by atoms with E-state index in [-0.39, 0.29) is 43.9 Å². The number of hydrogen-bond donors (Lipinski definition) is 2. The van der Waals surface area contributed by atoms with E-state index in [0.717, 1.165) is 11.1 Å². The van der Waals surface area contributed by atoms with Crippen molar-refractivity contribution in [3.63, 3.8) is 0 Å². The summed E-state index contributed by atoms with van der Waals surface area (Å²) in [5.41, 5.74) is 1.49. The first-order chi connectivity index (χ1) is 15.4. The van der Waals surface area contributed by atoms with Crippen LogP contribution in [0.4, 0.5) is 0 Å². The second kappa shape index (κ2) is 13.4. The van der Waals surface area contributed by atoms with Crippen molar-refractivity contribution in [2.75, 3.05) is 20.8 Å². The summed E-state index contributed by atoms with van der Waals surface area (Å²) in [5, 5.41) is 12.0. The summed E-state index contributed by atoms with van der Waals surface area (Å²) in [4.78, 5) is 36.9. The standard InChI is InChI=1S/C23H25N2O7.Ir/c1-5-21(32-15(2)28)22(31-4)11-20(24-14-27)23(29)25-12-17(10-18(25)13-26)16-6-8-19(30-3)9-7-16;/h5-9,11-12,18,26H,1,10,13H2,2-4H3,(H,24,27);/q-1;/b20-11-,22-21-;/t18-;/m0./s1. The number of benzene rings is 1. The van der Waals surface area contributed by atoms with E-state index < -0.39 is 17.9 Å². The van der Waals surface area contributed by atoms with Crippen molar-refractivity contribution in [1.82, 2.24) is 10.2 Å². The number of carbonyl (C=O) groups excluding carboxylic acids is 3. The molecule has 2 amide bonds. The van der Waals surface area contributed by atoms with Gasteiger partial charge in [-0.25, -0.2) is 0 Å². The van der Waals surface area contributed by atoms with Crippen LogP contribution >= 0.6 is 0 Å². The first-order valence-corrected chi connectivity index (χ1v) is 9.61. The van der Waals surface area contributed by atoms with Crippen molar-refractivity contribution in [2.24, 2.45) is 0 Å². The van der Waals surface area contributed by atoms with Gasteiger partial charge in [0.05, 0.1) is 33.3 Å². The Hall–Kier alpha value is -3.20. The van der Waals surface area contributed by atoms with Crippen LogP contribution in [0.3, 0.4) is 0 Å². The van der Waals surface area contributed by atoms with Crippen molar-refractivity contribution < 1.29 is 53.8 Å². The van der Waals surface area contributed by atoms with Gasteiger partial charge >= 0.3 is 5.97 Å². The van der Waals surface area contributed by atoms with E-state index in [0.29, 0.717) is 12.2 Å². The Kier molecular flexibility index (Phi) is 11.3. The Balaban J connectivity index is 0.00000544. The van der Waals surface area contributed by atoms with Crippen LogP contribution in [-0.4, -0.2) is 55.2 Å². The Labute approximate surface area is 205 Å². The number of aliphatic hydroxyl groups excluding tert-OH is 1. The van der Waals surface area contributed by atoms with Gasteiger partial charge in [0.2, 0.25) is 0 Å². The summed E-state index contributed by atoms with van der Waals surface area (Å²) < 4.78 is 15.4. The molecule has 0 saturated carbocycles. The molecule has 9 nitrogen and oxygen atoms in total. The van der Waals surface area contributed by atoms with Crippen LogP contribution < -0.4 is 10.1 Å². The van der Waals surface area contributed by atoms with E-state index in [4.69, 9.17) is 14.2 Å². The maximum Gasteiger partial charge on any atom is 0.308 e. The summed E-state index contributed by atoms with van der Waals surface area (Å²) in [7, 11) is 2.87. The van der Waals surface area contributed by atoms with Crippen molar-refractivity contribution in [3.8, 4) is 5.75 Å². The first-order valence-electron chi connectivity index (χ1n) is 9.61. The van der Waals surface area contributed by atoms with E-state index in [9.17, 15) is 19.5 Å². The quantitative estimate of drug-likeness (QED) is 0.101. The molecule has 1 heterocycles. The number of esters is 1. The molecule has 10 heteroatoms. The number of nitrogens with zero attached hydrogens (tertiary/aromatic N) is 1. The topological polar surface area (TPSA) is 114 Å². The molecule has 33 heavy (non-hydrogen) atoms. The smallest absolute Gasteiger partial charge is 0.308 e. The molecular weight excluding hydrogens is 608 g/mol. The summed E-state index contributed by atoms with van der Waals surface area (Å²) >= 11 is 0. The molecule has 0 fully saturated rings. The van der Waals surface area contributed by atoms with Crippen molar-refractivity contribution in [1.29, 1.82) is 0 Å². The maximum absolute atomic E-state index is 13.2. The normalized spacial score (nSPS) is 16.0. The molecule has 0 spiro atoms. The molecule has 1 atom stereocenters. The van der Waals surface area contributed by atoms with Gasteiger partial charge in [-0.2, -0.15) is 0 Å². The van der Waals surface area contributed by atoms with Gasteiger partial charge < -0.3 is 34.3 Å². The van der Waals surface area contributed by atoms with Crippen LogP contribution in [0, 0.1) is 0 Å². The van der Waals surface area contributed by atoms with Crippen molar-refractivity contribution in [3.05, 3.63) is 72.0 Å². The zero-order valence-electron chi connectivity index (χ0n) is 18.4. The number of ether oxygens (including phenoxy) is 3. The van der Waals surface area contributed by atoms with Crippen LogP contribution in [0.15, 0.2) is 66.4 Å². The Morgan fingerprint density at radius 2 is 1.94 bits per heavy atom. The van der Waals surface area contributed by atoms with Gasteiger partial charge in [-0.05, 0) is 41.5 Å². The third kappa shape index (κ3) is 7.15. The summed E-state index contributed by atoms with van der Waals surface area (Å²) in [6.45, 7) is 4.46. The Bertz CT molecular complexity index is 968. The predicted octanol–water partition coefficient (Wildman–Crippen LogP) is 1.77. The minimum Gasteiger partial charge on any atom is -0.497 e. The van der Waals surface area contributed by atoms with Gasteiger partial charge in [-0.3, -0.25) is 9.59 Å². The van der Waals surface area contributed by atoms with Crippen LogP contribution in [-0.2, 0) is 44.0 Å². The molecule has 1 aliphatic rings. The Morgan fingerprint density at radius 3 is 2.42 bits per heavy atom. The number of carbonyl (C=O) groups is 2. The number of methoxy groups -OCH3 is 2. The van der Waals surface area contributed by atoms with Crippen LogP contribution in [0.1, 0.15) is 18.9 Å². The van der Waals surface area contributed by atoms with Crippen LogP contribution in [0.2, 0.25) is 0 Å². The van der Waals surface area contributed by atoms with E-state index in [2.05, 4.69) is 11.9 Å². The average molecular weight is 634 g/mol. The number of aliphatic hydroxyl groups is 1. The molecule has 179 valence electrons. The Morgan fingerprint density at radius 1 is 1.27 bits per heavy atom. The molecule has 0 saturated heterocycles. The fourth-order valence-corrected chi connectivity index (χ4v) is 3.11. The number of hydrogen-bond acceptors (Lipinski definition) is 7. The molecule has 0 aliphatic carbocycles. The minimum atomic E-state index is -0.614. The number of allylic oxidation sites excluding steroid dienone is 2. The fraction of sp³-hybridized carbons (Fsp3) is 0.261. The summed E-state index contributed by atoms with van der Waals surface area (Å²) in [6.07, 6.45) is 5.91. The van der Waals surface area contributed by atoms with Gasteiger partial charge in [0.1, 0.15) is 11.5 Å². The predicted molar refractivity (Wildman–Crippen MR) is 116 cm³/mol. The molecule has 1 aromatic rings. The molecule has 0 bridgehead atoms. The van der Waals surface area contributed by atoms with Crippen LogP contribution in [0.5, 0.6) is 5.75 Å². The molecule has 1 aliphatic heterocycles. The molecule has 1 aromatic carbocycles. The van der Waals surface area contributed by atoms with Crippen molar-refractivity contribution >= 4 is 23.9 Å². The molecule has 2 rings (SSSR count). The molecule has 0 aromatic heterocycles.